The Balaban J connectivity index is 1.16. The maximum atomic E-state index is 13.0. The number of methoxy groups -OCH3 is 1. The highest BCUT2D eigenvalue weighted by Crippen LogP contribution is 2.36. The summed E-state index contributed by atoms with van der Waals surface area (Å²) in [6.07, 6.45) is 1.65. The Bertz CT molecular complexity index is 1530. The Morgan fingerprint density at radius 1 is 0.889 bits per heavy atom. The van der Waals surface area contributed by atoms with Crippen LogP contribution in [-0.4, -0.2) is 104 Å². The molecule has 0 radical (unpaired) electrons. The third-order valence-electron chi connectivity index (χ3n) is 7.14. The number of morpholine rings is 2. The molecule has 3 aromatic rings. The molecule has 0 N–H and O–H groups in total. The topological polar surface area (TPSA) is 129 Å². The number of carbonyl (C=O) groups is 2. The number of rotatable bonds is 10. The molecule has 3 aliphatic heterocycles. The summed E-state index contributed by atoms with van der Waals surface area (Å²) in [6.45, 7) is 5.24. The van der Waals surface area contributed by atoms with E-state index in [1.165, 1.54) is 12.0 Å². The molecule has 0 atom stereocenters. The van der Waals surface area contributed by atoms with Crippen molar-refractivity contribution in [2.45, 2.75) is 0 Å². The molecule has 0 bridgehead atoms. The molecule has 15 heteroatoms. The molecular formula is C30H31ClN6O7S. The van der Waals surface area contributed by atoms with Gasteiger partial charge in [-0.2, -0.15) is 15.0 Å². The van der Waals surface area contributed by atoms with Crippen molar-refractivity contribution in [1.82, 2.24) is 19.9 Å². The Morgan fingerprint density at radius 3 is 2.16 bits per heavy atom. The molecule has 1 aromatic heterocycles. The van der Waals surface area contributed by atoms with Gasteiger partial charge >= 0.3 is 6.01 Å². The van der Waals surface area contributed by atoms with E-state index >= 15 is 0 Å². The summed E-state index contributed by atoms with van der Waals surface area (Å²) in [6, 6.07) is 12.2. The Hall–Kier alpha value is -4.11. The van der Waals surface area contributed by atoms with Crippen LogP contribution >= 0.6 is 23.4 Å². The smallest absolute Gasteiger partial charge is 0.328 e. The van der Waals surface area contributed by atoms with Crippen molar-refractivity contribution in [3.63, 3.8) is 0 Å². The zero-order chi connectivity index (χ0) is 31.2. The van der Waals surface area contributed by atoms with E-state index in [0.29, 0.717) is 97.2 Å². The van der Waals surface area contributed by atoms with E-state index in [0.717, 1.165) is 11.8 Å². The fourth-order valence-electron chi connectivity index (χ4n) is 4.78. The van der Waals surface area contributed by atoms with Gasteiger partial charge in [0.15, 0.2) is 11.5 Å². The van der Waals surface area contributed by atoms with E-state index in [9.17, 15) is 9.59 Å². The molecule has 0 unspecified atom stereocenters. The summed E-state index contributed by atoms with van der Waals surface area (Å²) >= 11 is 6.78. The Morgan fingerprint density at radius 2 is 1.53 bits per heavy atom. The first-order valence-corrected chi connectivity index (χ1v) is 15.6. The van der Waals surface area contributed by atoms with Crippen LogP contribution in [0.2, 0.25) is 5.02 Å². The highest BCUT2D eigenvalue weighted by Gasteiger charge is 2.35. The predicted octanol–water partition coefficient (Wildman–Crippen LogP) is 4.11. The summed E-state index contributed by atoms with van der Waals surface area (Å²) in [7, 11) is 1.52. The minimum Gasteiger partial charge on any atom is -0.493 e. The Kier molecular flexibility index (Phi) is 9.84. The summed E-state index contributed by atoms with van der Waals surface area (Å²) in [5.74, 6) is 2.02. The van der Waals surface area contributed by atoms with Crippen LogP contribution in [0.4, 0.5) is 16.7 Å². The molecule has 3 aliphatic rings. The first-order valence-electron chi connectivity index (χ1n) is 14.4. The van der Waals surface area contributed by atoms with Crippen LogP contribution < -0.4 is 24.0 Å². The van der Waals surface area contributed by atoms with Crippen molar-refractivity contribution in [3.8, 4) is 23.3 Å². The molecule has 6 rings (SSSR count). The molecule has 13 nitrogen and oxygen atoms in total. The minimum atomic E-state index is -0.388. The van der Waals surface area contributed by atoms with Crippen LogP contribution in [-0.2, 0) is 14.3 Å². The largest absolute Gasteiger partial charge is 0.493 e. The fraction of sp³-hybridized carbons (Fsp3) is 0.367. The minimum absolute atomic E-state index is 0.117. The zero-order valence-corrected chi connectivity index (χ0v) is 26.1. The van der Waals surface area contributed by atoms with Gasteiger partial charge in [-0.3, -0.25) is 14.5 Å². The molecule has 0 saturated carbocycles. The van der Waals surface area contributed by atoms with E-state index in [2.05, 4.69) is 9.97 Å². The van der Waals surface area contributed by atoms with Gasteiger partial charge in [0.05, 0.1) is 45.0 Å². The number of hydrogen-bond donors (Lipinski definition) is 0. The summed E-state index contributed by atoms with van der Waals surface area (Å²) in [4.78, 5) is 45.1. The average molecular weight is 655 g/mol. The van der Waals surface area contributed by atoms with Crippen molar-refractivity contribution in [2.24, 2.45) is 0 Å². The van der Waals surface area contributed by atoms with E-state index in [1.807, 2.05) is 9.80 Å². The first kappa shape index (κ1) is 30.9. The second-order valence-electron chi connectivity index (χ2n) is 10.1. The van der Waals surface area contributed by atoms with Crippen LogP contribution in [0.25, 0.3) is 6.08 Å². The number of aromatic nitrogens is 3. The highest BCUT2D eigenvalue weighted by atomic mass is 35.5. The van der Waals surface area contributed by atoms with Gasteiger partial charge in [-0.05, 0) is 59.8 Å². The van der Waals surface area contributed by atoms with E-state index < -0.39 is 0 Å². The lowest BCUT2D eigenvalue weighted by Crippen LogP contribution is -2.40. The van der Waals surface area contributed by atoms with Gasteiger partial charge in [0, 0.05) is 31.2 Å². The molecule has 4 heterocycles. The molecule has 3 fully saturated rings. The van der Waals surface area contributed by atoms with Crippen molar-refractivity contribution in [2.75, 3.05) is 82.7 Å². The van der Waals surface area contributed by atoms with Crippen LogP contribution in [0.15, 0.2) is 47.4 Å². The monoisotopic (exact) mass is 654 g/mol. The maximum absolute atomic E-state index is 13.0. The Labute approximate surface area is 269 Å². The maximum Gasteiger partial charge on any atom is 0.328 e. The molecule has 2 aromatic carbocycles. The lowest BCUT2D eigenvalue weighted by Gasteiger charge is -2.30. The third kappa shape index (κ3) is 7.59. The number of amides is 2. The molecule has 2 amide bonds. The molecular weight excluding hydrogens is 624 g/mol. The second kappa shape index (κ2) is 14.3. The van der Waals surface area contributed by atoms with E-state index in [1.54, 1.807) is 48.5 Å². The van der Waals surface area contributed by atoms with Crippen molar-refractivity contribution in [1.29, 1.82) is 0 Å². The van der Waals surface area contributed by atoms with E-state index in [-0.39, 0.29) is 30.3 Å². The van der Waals surface area contributed by atoms with Crippen molar-refractivity contribution >= 4 is 52.5 Å². The molecule has 236 valence electrons. The molecule has 45 heavy (non-hydrogen) atoms. The predicted molar refractivity (Wildman–Crippen MR) is 169 cm³/mol. The second-order valence-corrected chi connectivity index (χ2v) is 11.5. The van der Waals surface area contributed by atoms with Crippen LogP contribution in [0, 0.1) is 0 Å². The molecule has 0 spiro atoms. The van der Waals surface area contributed by atoms with Gasteiger partial charge < -0.3 is 33.5 Å². The highest BCUT2D eigenvalue weighted by molar-refractivity contribution is 8.18. The number of carbonyl (C=O) groups excluding carboxylic acids is 2. The van der Waals surface area contributed by atoms with Gasteiger partial charge in [0.2, 0.25) is 11.9 Å². The number of hydrogen-bond acceptors (Lipinski definition) is 13. The number of thioether (sulfide) groups is 1. The van der Waals surface area contributed by atoms with Gasteiger partial charge in [-0.15, -0.1) is 0 Å². The summed E-state index contributed by atoms with van der Waals surface area (Å²) < 4.78 is 28.4. The van der Waals surface area contributed by atoms with Gasteiger partial charge in [-0.25, -0.2) is 0 Å². The average Bonchev–Trinajstić information content (AvgIpc) is 3.34. The first-order chi connectivity index (χ1) is 22.0. The fourth-order valence-corrected chi connectivity index (χ4v) is 5.77. The quantitative estimate of drug-likeness (QED) is 0.291. The van der Waals surface area contributed by atoms with Crippen LogP contribution in [0.5, 0.6) is 23.3 Å². The number of halogens is 1. The van der Waals surface area contributed by atoms with Gasteiger partial charge in [0.1, 0.15) is 12.4 Å². The number of anilines is 2. The number of benzene rings is 2. The van der Waals surface area contributed by atoms with Crippen LogP contribution in [0.3, 0.4) is 0 Å². The number of imide groups is 1. The van der Waals surface area contributed by atoms with Gasteiger partial charge in [0.25, 0.3) is 11.1 Å². The van der Waals surface area contributed by atoms with Gasteiger partial charge in [-0.1, -0.05) is 17.7 Å². The number of ether oxygens (including phenoxy) is 5. The molecule has 0 aliphatic carbocycles. The lowest BCUT2D eigenvalue weighted by atomic mass is 10.2. The summed E-state index contributed by atoms with van der Waals surface area (Å²) in [5.41, 5.74) is 0.653. The number of nitrogens with zero attached hydrogens (tertiary/aromatic N) is 6. The summed E-state index contributed by atoms with van der Waals surface area (Å²) in [5, 5.41) is 0.232. The zero-order valence-electron chi connectivity index (χ0n) is 24.5. The normalized spacial score (nSPS) is 18.1. The third-order valence-corrected chi connectivity index (χ3v) is 8.30. The molecule has 3 saturated heterocycles. The lowest BCUT2D eigenvalue weighted by molar-refractivity contribution is -0.123. The van der Waals surface area contributed by atoms with Crippen molar-refractivity contribution < 1.29 is 33.3 Å². The van der Waals surface area contributed by atoms with Crippen molar-refractivity contribution in [3.05, 3.63) is 58.0 Å². The standard InChI is InChI=1S/C30H31ClN6O7S/c1-40-24-18-20(19-25-26(38)37(30(39)45-25)12-17-43-22-5-3-21(31)4-6-22)2-7-23(24)44-29-33-27(35-8-13-41-14-9-35)32-28(34-29)36-10-15-42-16-11-36/h2-7,18-19H,8-17H2,1H3/b25-19-. The van der Waals surface area contributed by atoms with E-state index in [4.69, 9.17) is 40.3 Å². The van der Waals surface area contributed by atoms with Crippen LogP contribution in [0.1, 0.15) is 5.56 Å². The SMILES string of the molecule is COc1cc(/C=C2\SC(=O)N(CCOc3ccc(Cl)cc3)C2=O)ccc1Oc1nc(N2CCOCC2)nc(N2CCOCC2)n1.